The lowest BCUT2D eigenvalue weighted by atomic mass is 10.1. The number of carbonyl (C=O) groups is 1. The quantitative estimate of drug-likeness (QED) is 0.631. The molecule has 0 aliphatic rings. The zero-order valence-electron chi connectivity index (χ0n) is 9.72. The predicted octanol–water partition coefficient (Wildman–Crippen LogP) is 1.75. The molecule has 18 heavy (non-hydrogen) atoms. The van der Waals surface area contributed by atoms with Gasteiger partial charge in [0.05, 0.1) is 28.2 Å². The highest BCUT2D eigenvalue weighted by Gasteiger charge is 2.17. The lowest BCUT2D eigenvalue weighted by Gasteiger charge is -2.14. The van der Waals surface area contributed by atoms with Gasteiger partial charge in [-0.25, -0.2) is 0 Å². The van der Waals surface area contributed by atoms with Crippen molar-refractivity contribution >= 4 is 23.2 Å². The van der Waals surface area contributed by atoms with Crippen LogP contribution in [0.2, 0.25) is 5.02 Å². The van der Waals surface area contributed by atoms with Crippen LogP contribution in [0.3, 0.4) is 0 Å². The number of aliphatic hydroxyl groups excluding tert-OH is 1. The van der Waals surface area contributed by atoms with E-state index in [4.69, 9.17) is 16.7 Å². The second kappa shape index (κ2) is 6.32. The van der Waals surface area contributed by atoms with Gasteiger partial charge in [-0.1, -0.05) is 18.5 Å². The van der Waals surface area contributed by atoms with Crippen LogP contribution >= 0.6 is 11.6 Å². The number of nitro groups is 1. The van der Waals surface area contributed by atoms with Crippen LogP contribution in [0.15, 0.2) is 18.2 Å². The van der Waals surface area contributed by atoms with Gasteiger partial charge < -0.3 is 10.4 Å². The van der Waals surface area contributed by atoms with E-state index in [2.05, 4.69) is 5.32 Å². The third-order valence-corrected chi connectivity index (χ3v) is 2.78. The van der Waals surface area contributed by atoms with Crippen LogP contribution in [0, 0.1) is 10.1 Å². The normalized spacial score (nSPS) is 11.9. The maximum atomic E-state index is 11.8. The molecule has 6 nitrogen and oxygen atoms in total. The third-order valence-electron chi connectivity index (χ3n) is 2.45. The maximum Gasteiger partial charge on any atom is 0.270 e. The predicted molar refractivity (Wildman–Crippen MR) is 66.7 cm³/mol. The van der Waals surface area contributed by atoms with E-state index >= 15 is 0 Å². The van der Waals surface area contributed by atoms with Gasteiger partial charge in [-0.15, -0.1) is 0 Å². The average Bonchev–Trinajstić information content (AvgIpc) is 2.35. The smallest absolute Gasteiger partial charge is 0.270 e. The summed E-state index contributed by atoms with van der Waals surface area (Å²) in [5.74, 6) is -0.537. The summed E-state index contributed by atoms with van der Waals surface area (Å²) in [6, 6.07) is 3.24. The Morgan fingerprint density at radius 3 is 2.78 bits per heavy atom. The number of rotatable bonds is 5. The van der Waals surface area contributed by atoms with Crippen molar-refractivity contribution in [2.75, 3.05) is 6.61 Å². The molecule has 2 N–H and O–H groups in total. The van der Waals surface area contributed by atoms with Crippen molar-refractivity contribution in [1.29, 1.82) is 0 Å². The van der Waals surface area contributed by atoms with Gasteiger partial charge in [-0.05, 0) is 12.5 Å². The highest BCUT2D eigenvalue weighted by molar-refractivity contribution is 6.33. The van der Waals surface area contributed by atoms with Crippen LogP contribution in [0.25, 0.3) is 0 Å². The molecule has 0 unspecified atom stereocenters. The van der Waals surface area contributed by atoms with Crippen molar-refractivity contribution in [3.63, 3.8) is 0 Å². The Hall–Kier alpha value is -1.66. The van der Waals surface area contributed by atoms with E-state index in [1.807, 2.05) is 0 Å². The fourth-order valence-electron chi connectivity index (χ4n) is 1.34. The Morgan fingerprint density at radius 1 is 1.61 bits per heavy atom. The summed E-state index contributed by atoms with van der Waals surface area (Å²) in [6.07, 6.45) is 0.550. The largest absolute Gasteiger partial charge is 0.394 e. The molecular formula is C11H13ClN2O4. The van der Waals surface area contributed by atoms with E-state index < -0.39 is 16.9 Å². The van der Waals surface area contributed by atoms with Gasteiger partial charge in [-0.3, -0.25) is 14.9 Å². The zero-order valence-corrected chi connectivity index (χ0v) is 10.5. The molecule has 7 heteroatoms. The van der Waals surface area contributed by atoms with Gasteiger partial charge in [0.1, 0.15) is 0 Å². The number of nitrogens with one attached hydrogen (secondary N) is 1. The first-order valence-electron chi connectivity index (χ1n) is 5.35. The Labute approximate surface area is 109 Å². The number of carbonyl (C=O) groups excluding carboxylic acids is 1. The van der Waals surface area contributed by atoms with E-state index in [1.165, 1.54) is 12.1 Å². The van der Waals surface area contributed by atoms with Crippen LogP contribution in [0.1, 0.15) is 23.7 Å². The fraction of sp³-hybridized carbons (Fsp3) is 0.364. The summed E-state index contributed by atoms with van der Waals surface area (Å²) in [5.41, 5.74) is -0.181. The van der Waals surface area contributed by atoms with Gasteiger partial charge in [-0.2, -0.15) is 0 Å². The molecule has 0 radical (unpaired) electrons. The van der Waals surface area contributed by atoms with Crippen LogP contribution in [0.4, 0.5) is 5.69 Å². The van der Waals surface area contributed by atoms with Gasteiger partial charge >= 0.3 is 0 Å². The summed E-state index contributed by atoms with van der Waals surface area (Å²) in [6.45, 7) is 1.60. The SMILES string of the molecule is CC[C@@H](CO)NC(=O)c1cc([N+](=O)[O-])ccc1Cl. The molecule has 0 saturated carbocycles. The monoisotopic (exact) mass is 272 g/mol. The Morgan fingerprint density at radius 2 is 2.28 bits per heavy atom. The van der Waals surface area contributed by atoms with Crippen molar-refractivity contribution < 1.29 is 14.8 Å². The lowest BCUT2D eigenvalue weighted by Crippen LogP contribution is -2.37. The first-order valence-corrected chi connectivity index (χ1v) is 5.73. The van der Waals surface area contributed by atoms with Crippen molar-refractivity contribution in [2.24, 2.45) is 0 Å². The van der Waals surface area contributed by atoms with Gasteiger partial charge in [0.2, 0.25) is 0 Å². The number of amides is 1. The molecule has 0 aliphatic carbocycles. The molecule has 1 aromatic carbocycles. The molecule has 0 bridgehead atoms. The topological polar surface area (TPSA) is 92.5 Å². The summed E-state index contributed by atoms with van der Waals surface area (Å²) >= 11 is 5.82. The van der Waals surface area contributed by atoms with Crippen LogP contribution < -0.4 is 5.32 Å². The molecule has 1 aromatic rings. The highest BCUT2D eigenvalue weighted by Crippen LogP contribution is 2.22. The number of halogens is 1. The summed E-state index contributed by atoms with van der Waals surface area (Å²) in [7, 11) is 0. The van der Waals surface area contributed by atoms with Crippen molar-refractivity contribution in [3.05, 3.63) is 38.9 Å². The number of nitro benzene ring substituents is 1. The third kappa shape index (κ3) is 3.41. The first-order chi connectivity index (χ1) is 8.49. The van der Waals surface area contributed by atoms with Crippen molar-refractivity contribution in [1.82, 2.24) is 5.32 Å². The number of aliphatic hydroxyl groups is 1. The average molecular weight is 273 g/mol. The molecule has 98 valence electrons. The molecule has 0 aliphatic heterocycles. The number of hydrogen-bond acceptors (Lipinski definition) is 4. The van der Waals surface area contributed by atoms with E-state index in [0.717, 1.165) is 6.07 Å². The van der Waals surface area contributed by atoms with E-state index in [-0.39, 0.29) is 22.9 Å². The molecule has 0 spiro atoms. The van der Waals surface area contributed by atoms with E-state index in [0.29, 0.717) is 6.42 Å². The molecular weight excluding hydrogens is 260 g/mol. The lowest BCUT2D eigenvalue weighted by molar-refractivity contribution is -0.384. The number of benzene rings is 1. The van der Waals surface area contributed by atoms with Gasteiger partial charge in [0.25, 0.3) is 11.6 Å². The minimum Gasteiger partial charge on any atom is -0.394 e. The van der Waals surface area contributed by atoms with Crippen molar-refractivity contribution in [3.8, 4) is 0 Å². The minimum absolute atomic E-state index is 0.0257. The fourth-order valence-corrected chi connectivity index (χ4v) is 1.54. The summed E-state index contributed by atoms with van der Waals surface area (Å²) in [5, 5.41) is 22.3. The molecule has 0 saturated heterocycles. The molecule has 0 heterocycles. The molecule has 1 rings (SSSR count). The minimum atomic E-state index is -0.601. The van der Waals surface area contributed by atoms with Crippen LogP contribution in [0.5, 0.6) is 0 Å². The zero-order chi connectivity index (χ0) is 13.7. The number of hydrogen-bond donors (Lipinski definition) is 2. The Kier molecular flexibility index (Phi) is 5.06. The second-order valence-corrected chi connectivity index (χ2v) is 4.09. The molecule has 1 amide bonds. The number of nitrogens with zero attached hydrogens (tertiary/aromatic N) is 1. The van der Waals surface area contributed by atoms with Crippen LogP contribution in [-0.2, 0) is 0 Å². The second-order valence-electron chi connectivity index (χ2n) is 3.68. The van der Waals surface area contributed by atoms with Crippen LogP contribution in [-0.4, -0.2) is 28.6 Å². The van der Waals surface area contributed by atoms with Crippen molar-refractivity contribution in [2.45, 2.75) is 19.4 Å². The number of non-ortho nitro benzene ring substituents is 1. The van der Waals surface area contributed by atoms with E-state index in [1.54, 1.807) is 6.92 Å². The summed E-state index contributed by atoms with van der Waals surface area (Å²) in [4.78, 5) is 21.9. The van der Waals surface area contributed by atoms with Gasteiger partial charge in [0.15, 0.2) is 0 Å². The molecule has 0 fully saturated rings. The molecule has 0 aromatic heterocycles. The standard InChI is InChI=1S/C11H13ClN2O4/c1-2-7(6-15)13-11(16)9-5-8(14(17)18)3-4-10(9)12/h3-5,7,15H,2,6H2,1H3,(H,13,16)/t7-/m0/s1. The highest BCUT2D eigenvalue weighted by atomic mass is 35.5. The molecule has 1 atom stereocenters. The van der Waals surface area contributed by atoms with Gasteiger partial charge in [0, 0.05) is 12.1 Å². The first kappa shape index (κ1) is 14.4. The summed E-state index contributed by atoms with van der Waals surface area (Å²) < 4.78 is 0. The Balaban J connectivity index is 2.97. The Bertz CT molecular complexity index is 460. The maximum absolute atomic E-state index is 11.8. The van der Waals surface area contributed by atoms with E-state index in [9.17, 15) is 14.9 Å².